The normalized spacial score (nSPS) is 13.8. The van der Waals surface area contributed by atoms with E-state index in [2.05, 4.69) is 9.47 Å². The van der Waals surface area contributed by atoms with Crippen LogP contribution < -0.4 is 4.90 Å². The Morgan fingerprint density at radius 3 is 2.07 bits per heavy atom. The van der Waals surface area contributed by atoms with Crippen molar-refractivity contribution in [3.63, 3.8) is 0 Å². The van der Waals surface area contributed by atoms with Crippen LogP contribution in [0.1, 0.15) is 15.9 Å². The molecule has 1 heterocycles. The molecule has 0 bridgehead atoms. The average molecular weight is 411 g/mol. The van der Waals surface area contributed by atoms with Gasteiger partial charge in [-0.05, 0) is 30.4 Å². The van der Waals surface area contributed by atoms with E-state index in [0.717, 1.165) is 32.3 Å². The number of alkyl halides is 3. The summed E-state index contributed by atoms with van der Waals surface area (Å²) in [6, 6.07) is 2.29. The molecule has 2 rings (SSSR count). The number of ether oxygens (including phenoxy) is 3. The molecule has 0 aliphatic carbocycles. The highest BCUT2D eigenvalue weighted by Gasteiger charge is 2.35. The maximum Gasteiger partial charge on any atom is 0.416 e. The summed E-state index contributed by atoms with van der Waals surface area (Å²) in [5.41, 5.74) is -2.40. The number of methoxy groups -OCH3 is 3. The second kappa shape index (κ2) is 8.63. The van der Waals surface area contributed by atoms with Gasteiger partial charge in [0.2, 0.25) is 0 Å². The fourth-order valence-electron chi connectivity index (χ4n) is 2.54. The summed E-state index contributed by atoms with van der Waals surface area (Å²) in [5.74, 6) is -2.90. The number of carbonyl (C=O) groups is 3. The van der Waals surface area contributed by atoms with Crippen LogP contribution in [0.15, 0.2) is 53.9 Å². The zero-order valence-corrected chi connectivity index (χ0v) is 15.6. The number of nitrogens with zero attached hydrogens (tertiary/aromatic N) is 1. The molecule has 1 aliphatic rings. The molecule has 0 unspecified atom stereocenters. The highest BCUT2D eigenvalue weighted by Crippen LogP contribution is 2.36. The first-order chi connectivity index (χ1) is 13.6. The Morgan fingerprint density at radius 1 is 0.897 bits per heavy atom. The van der Waals surface area contributed by atoms with Crippen molar-refractivity contribution >= 4 is 23.6 Å². The molecule has 1 aromatic carbocycles. The molecule has 10 heteroatoms. The standard InChI is InChI=1S/C19H16F3NO6/c1-27-16(24)12-8-7-11(19(20,21)22)10-14(12)23-9-5-4-6-13(17(25)28-2)15(23)18(26)29-3/h4-10H,1-3H3. The maximum absolute atomic E-state index is 13.3. The number of halogens is 3. The van der Waals surface area contributed by atoms with Crippen molar-refractivity contribution in [2.75, 3.05) is 26.2 Å². The Morgan fingerprint density at radius 2 is 1.52 bits per heavy atom. The van der Waals surface area contributed by atoms with Crippen LogP contribution in [-0.4, -0.2) is 39.2 Å². The number of carbonyl (C=O) groups excluding carboxylic acids is 3. The molecule has 0 saturated heterocycles. The number of allylic oxidation sites excluding steroid dienone is 2. The van der Waals surface area contributed by atoms with Crippen LogP contribution >= 0.6 is 0 Å². The first kappa shape index (κ1) is 21.7. The van der Waals surface area contributed by atoms with Gasteiger partial charge in [-0.15, -0.1) is 0 Å². The van der Waals surface area contributed by atoms with E-state index in [9.17, 15) is 27.6 Å². The third-order valence-corrected chi connectivity index (χ3v) is 3.88. The van der Waals surface area contributed by atoms with Gasteiger partial charge in [0.25, 0.3) is 0 Å². The van der Waals surface area contributed by atoms with Crippen molar-refractivity contribution in [1.29, 1.82) is 0 Å². The molecule has 154 valence electrons. The minimum absolute atomic E-state index is 0.266. The summed E-state index contributed by atoms with van der Waals surface area (Å²) in [4.78, 5) is 37.7. The van der Waals surface area contributed by atoms with Gasteiger partial charge in [0.1, 0.15) is 5.70 Å². The number of benzene rings is 1. The molecule has 0 saturated carbocycles. The summed E-state index contributed by atoms with van der Waals surface area (Å²) >= 11 is 0. The smallest absolute Gasteiger partial charge is 0.416 e. The molecule has 29 heavy (non-hydrogen) atoms. The Hall–Kier alpha value is -3.56. The lowest BCUT2D eigenvalue weighted by Gasteiger charge is -2.25. The van der Waals surface area contributed by atoms with Crippen molar-refractivity contribution in [3.8, 4) is 0 Å². The fraction of sp³-hybridized carbons (Fsp3) is 0.211. The van der Waals surface area contributed by atoms with Gasteiger partial charge in [0, 0.05) is 6.20 Å². The molecule has 0 amide bonds. The SMILES string of the molecule is COC(=O)C1=C(C(=O)OC)N(c2cc(C(F)(F)F)ccc2C(=O)OC)C=CC=C1. The number of esters is 3. The van der Waals surface area contributed by atoms with E-state index in [-0.39, 0.29) is 16.8 Å². The van der Waals surface area contributed by atoms with E-state index in [1.54, 1.807) is 0 Å². The molecule has 0 atom stereocenters. The van der Waals surface area contributed by atoms with Gasteiger partial charge in [-0.3, -0.25) is 0 Å². The molecule has 0 radical (unpaired) electrons. The molecule has 0 fully saturated rings. The minimum atomic E-state index is -4.72. The number of hydrogen-bond acceptors (Lipinski definition) is 7. The van der Waals surface area contributed by atoms with Crippen molar-refractivity contribution < 1.29 is 41.8 Å². The van der Waals surface area contributed by atoms with Crippen molar-refractivity contribution in [1.82, 2.24) is 0 Å². The summed E-state index contributed by atoms with van der Waals surface area (Å²) in [5, 5.41) is 0. The van der Waals surface area contributed by atoms with Crippen molar-refractivity contribution in [2.24, 2.45) is 0 Å². The van der Waals surface area contributed by atoms with E-state index < -0.39 is 35.3 Å². The second-order valence-electron chi connectivity index (χ2n) is 5.54. The van der Waals surface area contributed by atoms with Crippen LogP contribution in [0.4, 0.5) is 18.9 Å². The molecule has 0 aromatic heterocycles. The first-order valence-corrected chi connectivity index (χ1v) is 8.00. The second-order valence-corrected chi connectivity index (χ2v) is 5.54. The van der Waals surface area contributed by atoms with Gasteiger partial charge in [-0.2, -0.15) is 13.2 Å². The Balaban J connectivity index is 2.85. The molecule has 1 aromatic rings. The lowest BCUT2D eigenvalue weighted by Crippen LogP contribution is -2.28. The highest BCUT2D eigenvalue weighted by molar-refractivity contribution is 6.07. The lowest BCUT2D eigenvalue weighted by molar-refractivity contribution is -0.139. The quantitative estimate of drug-likeness (QED) is 0.557. The average Bonchev–Trinajstić information content (AvgIpc) is 2.93. The predicted octanol–water partition coefficient (Wildman–Crippen LogP) is 2.98. The zero-order valence-electron chi connectivity index (χ0n) is 15.6. The van der Waals surface area contributed by atoms with E-state index in [4.69, 9.17) is 4.74 Å². The van der Waals surface area contributed by atoms with Gasteiger partial charge in [0.15, 0.2) is 0 Å². The number of hydrogen-bond donors (Lipinski definition) is 0. The van der Waals surface area contributed by atoms with E-state index in [0.29, 0.717) is 12.1 Å². The van der Waals surface area contributed by atoms with Crippen molar-refractivity contribution in [2.45, 2.75) is 6.18 Å². The van der Waals surface area contributed by atoms with Crippen LogP contribution in [0.5, 0.6) is 0 Å². The maximum atomic E-state index is 13.3. The Labute approximate surface area is 163 Å². The fourth-order valence-corrected chi connectivity index (χ4v) is 2.54. The molecular weight excluding hydrogens is 395 g/mol. The zero-order chi connectivity index (χ0) is 21.8. The minimum Gasteiger partial charge on any atom is -0.465 e. The molecule has 0 spiro atoms. The summed E-state index contributed by atoms with van der Waals surface area (Å²) in [6.45, 7) is 0. The topological polar surface area (TPSA) is 82.1 Å². The van der Waals surface area contributed by atoms with Gasteiger partial charge in [0.05, 0.1) is 43.7 Å². The number of anilines is 1. The largest absolute Gasteiger partial charge is 0.465 e. The molecule has 7 nitrogen and oxygen atoms in total. The Bertz CT molecular complexity index is 930. The third-order valence-electron chi connectivity index (χ3n) is 3.88. The van der Waals surface area contributed by atoms with Gasteiger partial charge in [-0.1, -0.05) is 6.08 Å². The summed E-state index contributed by atoms with van der Waals surface area (Å²) in [7, 11) is 3.17. The van der Waals surface area contributed by atoms with Crippen LogP contribution in [0.3, 0.4) is 0 Å². The molecule has 0 N–H and O–H groups in total. The summed E-state index contributed by atoms with van der Waals surface area (Å²) in [6.07, 6.45) is 0.457. The lowest BCUT2D eigenvalue weighted by atomic mass is 10.1. The monoisotopic (exact) mass is 411 g/mol. The number of rotatable bonds is 4. The van der Waals surface area contributed by atoms with Gasteiger partial charge >= 0.3 is 24.1 Å². The van der Waals surface area contributed by atoms with Crippen LogP contribution in [0.2, 0.25) is 0 Å². The molecular formula is C19H16F3NO6. The third kappa shape index (κ3) is 4.48. The van der Waals surface area contributed by atoms with Crippen LogP contribution in [-0.2, 0) is 30.0 Å². The van der Waals surface area contributed by atoms with E-state index in [1.165, 1.54) is 24.4 Å². The predicted molar refractivity (Wildman–Crippen MR) is 94.6 cm³/mol. The molecule has 1 aliphatic heterocycles. The first-order valence-electron chi connectivity index (χ1n) is 8.00. The van der Waals surface area contributed by atoms with Crippen LogP contribution in [0, 0.1) is 0 Å². The van der Waals surface area contributed by atoms with E-state index in [1.807, 2.05) is 0 Å². The highest BCUT2D eigenvalue weighted by atomic mass is 19.4. The summed E-state index contributed by atoms with van der Waals surface area (Å²) < 4.78 is 53.8. The van der Waals surface area contributed by atoms with Gasteiger partial charge in [-0.25, -0.2) is 14.4 Å². The van der Waals surface area contributed by atoms with Crippen LogP contribution in [0.25, 0.3) is 0 Å². The van der Waals surface area contributed by atoms with E-state index >= 15 is 0 Å². The Kier molecular flexibility index (Phi) is 6.47. The van der Waals surface area contributed by atoms with Crippen molar-refractivity contribution in [3.05, 3.63) is 65.0 Å². The van der Waals surface area contributed by atoms with Gasteiger partial charge < -0.3 is 19.1 Å².